The van der Waals surface area contributed by atoms with Crippen molar-refractivity contribution in [3.63, 3.8) is 0 Å². The molecule has 0 unspecified atom stereocenters. The highest BCUT2D eigenvalue weighted by Gasteiger charge is 2.34. The Balaban J connectivity index is 1.79. The van der Waals surface area contributed by atoms with Crippen LogP contribution in [0.25, 0.3) is 0 Å². The fourth-order valence-electron chi connectivity index (χ4n) is 3.30. The average Bonchev–Trinajstić information content (AvgIpc) is 2.53. The highest BCUT2D eigenvalue weighted by molar-refractivity contribution is 5.78. The third-order valence-electron chi connectivity index (χ3n) is 4.79. The quantitative estimate of drug-likeness (QED) is 0.742. The summed E-state index contributed by atoms with van der Waals surface area (Å²) in [7, 11) is 0. The number of carboxylic acids is 1. The average molecular weight is 362 g/mol. The number of carbonyl (C=O) groups is 2. The number of carboxylic acid groups (broad SMARTS) is 1. The molecule has 0 aromatic heterocycles. The molecule has 2 N–H and O–H groups in total. The van der Waals surface area contributed by atoms with E-state index in [-0.39, 0.29) is 36.6 Å². The van der Waals surface area contributed by atoms with Crippen LogP contribution in [0.5, 0.6) is 5.75 Å². The molecule has 0 aliphatic heterocycles. The molecule has 1 aliphatic carbocycles. The lowest BCUT2D eigenvalue weighted by molar-refractivity contribution is -0.139. The van der Waals surface area contributed by atoms with Crippen molar-refractivity contribution < 1.29 is 19.4 Å². The minimum absolute atomic E-state index is 0.0130. The van der Waals surface area contributed by atoms with E-state index in [0.717, 1.165) is 24.2 Å². The lowest BCUT2D eigenvalue weighted by Crippen LogP contribution is -2.55. The normalized spacial score (nSPS) is 19.7. The van der Waals surface area contributed by atoms with Gasteiger partial charge in [-0.1, -0.05) is 45.9 Å². The van der Waals surface area contributed by atoms with Crippen LogP contribution in [0.3, 0.4) is 0 Å². The lowest BCUT2D eigenvalue weighted by Gasteiger charge is -2.42. The van der Waals surface area contributed by atoms with Crippen molar-refractivity contribution in [2.45, 2.75) is 58.0 Å². The molecule has 0 saturated heterocycles. The molecule has 0 heterocycles. The number of likely N-dealkylation sites (N-methyl/N-ethyl adjacent to an activating group) is 1. The van der Waals surface area contributed by atoms with E-state index < -0.39 is 5.97 Å². The molecule has 144 valence electrons. The molecule has 6 heteroatoms. The van der Waals surface area contributed by atoms with Crippen molar-refractivity contribution in [3.05, 3.63) is 29.8 Å². The molecule has 0 radical (unpaired) electrons. The number of para-hydroxylation sites is 1. The number of aliphatic carboxylic acids is 1. The lowest BCUT2D eigenvalue weighted by atomic mass is 9.85. The van der Waals surface area contributed by atoms with E-state index in [2.05, 4.69) is 26.1 Å². The van der Waals surface area contributed by atoms with Gasteiger partial charge in [-0.3, -0.25) is 14.5 Å². The Morgan fingerprint density at radius 2 is 1.92 bits per heavy atom. The van der Waals surface area contributed by atoms with Crippen LogP contribution in [0, 0.1) is 0 Å². The number of carbonyl (C=O) groups excluding carboxylic acids is 1. The van der Waals surface area contributed by atoms with Crippen molar-refractivity contribution in [3.8, 4) is 5.75 Å². The molecule has 0 atom stereocenters. The van der Waals surface area contributed by atoms with E-state index in [0.29, 0.717) is 6.54 Å². The molecule has 26 heavy (non-hydrogen) atoms. The van der Waals surface area contributed by atoms with Crippen molar-refractivity contribution in [2.75, 3.05) is 19.7 Å². The van der Waals surface area contributed by atoms with Gasteiger partial charge in [-0.05, 0) is 36.4 Å². The zero-order chi connectivity index (χ0) is 19.3. The predicted molar refractivity (Wildman–Crippen MR) is 100 cm³/mol. The van der Waals surface area contributed by atoms with Gasteiger partial charge in [0, 0.05) is 12.1 Å². The second kappa shape index (κ2) is 8.54. The van der Waals surface area contributed by atoms with Crippen LogP contribution in [-0.4, -0.2) is 53.7 Å². The van der Waals surface area contributed by atoms with Crippen LogP contribution >= 0.6 is 0 Å². The molecule has 6 nitrogen and oxygen atoms in total. The summed E-state index contributed by atoms with van der Waals surface area (Å²) in [6, 6.07) is 8.10. The Morgan fingerprint density at radius 3 is 2.50 bits per heavy atom. The SMILES string of the molecule is CCN(CC(=O)O)C1CC(NC(=O)COc2ccccc2C(C)(C)C)C1. The second-order valence-electron chi connectivity index (χ2n) is 7.88. The Bertz CT molecular complexity index is 633. The van der Waals surface area contributed by atoms with Gasteiger partial charge in [-0.25, -0.2) is 0 Å². The topological polar surface area (TPSA) is 78.9 Å². The van der Waals surface area contributed by atoms with Gasteiger partial charge < -0.3 is 15.2 Å². The van der Waals surface area contributed by atoms with Crippen molar-refractivity contribution in [1.29, 1.82) is 0 Å². The monoisotopic (exact) mass is 362 g/mol. The molecule has 1 aromatic rings. The highest BCUT2D eigenvalue weighted by Crippen LogP contribution is 2.31. The van der Waals surface area contributed by atoms with Gasteiger partial charge in [0.25, 0.3) is 5.91 Å². The van der Waals surface area contributed by atoms with Crippen molar-refractivity contribution >= 4 is 11.9 Å². The van der Waals surface area contributed by atoms with Crippen LogP contribution in [0.4, 0.5) is 0 Å². The maximum atomic E-state index is 12.2. The zero-order valence-electron chi connectivity index (χ0n) is 16.1. The maximum absolute atomic E-state index is 12.2. The summed E-state index contributed by atoms with van der Waals surface area (Å²) < 4.78 is 5.74. The minimum Gasteiger partial charge on any atom is -0.483 e. The standard InChI is InChI=1S/C20H30N2O4/c1-5-22(12-19(24)25)15-10-14(11-15)21-18(23)13-26-17-9-7-6-8-16(17)20(2,3)4/h6-9,14-15H,5,10-13H2,1-4H3,(H,21,23)(H,24,25). The number of nitrogens with one attached hydrogen (secondary N) is 1. The van der Waals surface area contributed by atoms with E-state index in [9.17, 15) is 9.59 Å². The predicted octanol–water partition coefficient (Wildman–Crippen LogP) is 2.42. The third kappa shape index (κ3) is 5.46. The highest BCUT2D eigenvalue weighted by atomic mass is 16.5. The Labute approximate surface area is 155 Å². The second-order valence-corrected chi connectivity index (χ2v) is 7.88. The molecule has 2 rings (SSSR count). The summed E-state index contributed by atoms with van der Waals surface area (Å²) in [6.07, 6.45) is 1.57. The number of amides is 1. The third-order valence-corrected chi connectivity index (χ3v) is 4.79. The molecule has 0 spiro atoms. The van der Waals surface area contributed by atoms with Crippen LogP contribution in [-0.2, 0) is 15.0 Å². The van der Waals surface area contributed by atoms with Crippen LogP contribution in [0.2, 0.25) is 0 Å². The smallest absolute Gasteiger partial charge is 0.317 e. The summed E-state index contributed by atoms with van der Waals surface area (Å²) in [5.41, 5.74) is 1.02. The number of benzene rings is 1. The van der Waals surface area contributed by atoms with E-state index in [1.54, 1.807) is 0 Å². The van der Waals surface area contributed by atoms with Gasteiger partial charge in [0.2, 0.25) is 0 Å². The number of ether oxygens (including phenoxy) is 1. The van der Waals surface area contributed by atoms with Gasteiger partial charge in [-0.2, -0.15) is 0 Å². The zero-order valence-corrected chi connectivity index (χ0v) is 16.1. The molecule has 1 aliphatic rings. The van der Waals surface area contributed by atoms with E-state index in [4.69, 9.17) is 9.84 Å². The Hall–Kier alpha value is -2.08. The molecular formula is C20H30N2O4. The maximum Gasteiger partial charge on any atom is 0.317 e. The van der Waals surface area contributed by atoms with Crippen LogP contribution < -0.4 is 10.1 Å². The molecule has 1 aromatic carbocycles. The van der Waals surface area contributed by atoms with Gasteiger partial charge in [0.05, 0.1) is 6.54 Å². The summed E-state index contributed by atoms with van der Waals surface area (Å²) in [6.45, 7) is 9.02. The summed E-state index contributed by atoms with van der Waals surface area (Å²) >= 11 is 0. The van der Waals surface area contributed by atoms with E-state index in [1.807, 2.05) is 36.1 Å². The van der Waals surface area contributed by atoms with Gasteiger partial charge >= 0.3 is 5.97 Å². The molecule has 0 bridgehead atoms. The molecule has 1 amide bonds. The summed E-state index contributed by atoms with van der Waals surface area (Å²) in [5, 5.41) is 11.9. The number of nitrogens with zero attached hydrogens (tertiary/aromatic N) is 1. The molecule has 1 fully saturated rings. The largest absolute Gasteiger partial charge is 0.483 e. The fraction of sp³-hybridized carbons (Fsp3) is 0.600. The Kier molecular flexibility index (Phi) is 6.64. The molecular weight excluding hydrogens is 332 g/mol. The number of hydrogen-bond donors (Lipinski definition) is 2. The van der Waals surface area contributed by atoms with Gasteiger partial charge in [-0.15, -0.1) is 0 Å². The van der Waals surface area contributed by atoms with Gasteiger partial charge in [0.1, 0.15) is 5.75 Å². The van der Waals surface area contributed by atoms with Crippen LogP contribution in [0.1, 0.15) is 46.1 Å². The van der Waals surface area contributed by atoms with E-state index in [1.165, 1.54) is 0 Å². The summed E-state index contributed by atoms with van der Waals surface area (Å²) in [5.74, 6) is -0.219. The van der Waals surface area contributed by atoms with Gasteiger partial charge in [0.15, 0.2) is 6.61 Å². The van der Waals surface area contributed by atoms with Crippen molar-refractivity contribution in [1.82, 2.24) is 10.2 Å². The van der Waals surface area contributed by atoms with Crippen molar-refractivity contribution in [2.24, 2.45) is 0 Å². The van der Waals surface area contributed by atoms with E-state index >= 15 is 0 Å². The first-order chi connectivity index (χ1) is 12.2. The number of hydrogen-bond acceptors (Lipinski definition) is 4. The fourth-order valence-corrected chi connectivity index (χ4v) is 3.30. The first-order valence-electron chi connectivity index (χ1n) is 9.18. The molecule has 1 saturated carbocycles. The van der Waals surface area contributed by atoms with Crippen LogP contribution in [0.15, 0.2) is 24.3 Å². The first-order valence-corrected chi connectivity index (χ1v) is 9.18. The number of rotatable bonds is 8. The first kappa shape index (κ1) is 20.2. The Morgan fingerprint density at radius 1 is 1.27 bits per heavy atom. The summed E-state index contributed by atoms with van der Waals surface area (Å²) in [4.78, 5) is 25.0. The minimum atomic E-state index is -0.815.